The van der Waals surface area contributed by atoms with Gasteiger partial charge in [-0.3, -0.25) is 4.90 Å². The number of nitrogens with zero attached hydrogens (tertiary/aromatic N) is 1. The topological polar surface area (TPSA) is 66.8 Å². The van der Waals surface area contributed by atoms with Gasteiger partial charge in [0.2, 0.25) is 0 Å². The maximum absolute atomic E-state index is 12.5. The van der Waals surface area contributed by atoms with Gasteiger partial charge in [0, 0.05) is 11.8 Å². The van der Waals surface area contributed by atoms with Crippen LogP contribution in [0.3, 0.4) is 0 Å². The molecule has 0 saturated carbocycles. The Morgan fingerprint density at radius 3 is 2.52 bits per heavy atom. The molecule has 1 saturated heterocycles. The van der Waals surface area contributed by atoms with Gasteiger partial charge in [0.05, 0.1) is 0 Å². The molecule has 2 atom stereocenters. The molecule has 0 unspecified atom stereocenters. The monoisotopic (exact) mass is 349 g/mol. The van der Waals surface area contributed by atoms with Crippen LogP contribution in [0.5, 0.6) is 0 Å². The summed E-state index contributed by atoms with van der Waals surface area (Å²) in [7, 11) is 0. The van der Waals surface area contributed by atoms with Gasteiger partial charge in [-0.2, -0.15) is 13.2 Å². The Balaban J connectivity index is 2.00. The quantitative estimate of drug-likeness (QED) is 0.905. The molecule has 2 rings (SSSR count). The van der Waals surface area contributed by atoms with Gasteiger partial charge in [-0.05, 0) is 23.7 Å². The fourth-order valence-corrected chi connectivity index (χ4v) is 3.32. The van der Waals surface area contributed by atoms with Gasteiger partial charge in [-0.25, -0.2) is 9.59 Å². The van der Waals surface area contributed by atoms with Gasteiger partial charge >= 0.3 is 17.6 Å². The van der Waals surface area contributed by atoms with E-state index in [0.717, 1.165) is 4.90 Å². The molecule has 0 bridgehead atoms. The van der Waals surface area contributed by atoms with Crippen LogP contribution in [0.1, 0.15) is 12.0 Å². The lowest BCUT2D eigenvalue weighted by molar-refractivity contribution is -0.141. The van der Waals surface area contributed by atoms with Crippen LogP contribution in [0.4, 0.5) is 18.0 Å². The number of carbonyl (C=O) groups excluding carboxylic acids is 1. The van der Waals surface area contributed by atoms with Gasteiger partial charge in [-0.15, -0.1) is 0 Å². The van der Waals surface area contributed by atoms with Crippen LogP contribution in [0.2, 0.25) is 0 Å². The lowest BCUT2D eigenvalue weighted by atomic mass is 10.2. The van der Waals surface area contributed by atoms with Crippen molar-refractivity contribution >= 4 is 23.8 Å². The van der Waals surface area contributed by atoms with Crippen LogP contribution < -0.4 is 0 Å². The summed E-state index contributed by atoms with van der Waals surface area (Å²) in [5.74, 6) is -1.47. The second-order valence-electron chi connectivity index (χ2n) is 4.91. The molecular formula is C14H14F3NO4S. The number of hydrogen-bond donors (Lipinski definition) is 1. The second kappa shape index (κ2) is 7.12. The molecule has 5 nitrogen and oxygen atoms in total. The Labute approximate surface area is 134 Å². The Morgan fingerprint density at radius 1 is 1.30 bits per heavy atom. The zero-order valence-electron chi connectivity index (χ0n) is 11.8. The summed E-state index contributed by atoms with van der Waals surface area (Å²) < 4.78 is 42.4. The number of likely N-dealkylation sites (tertiary alicyclic amines) is 1. The number of aliphatic carboxylic acids is 1. The summed E-state index contributed by atoms with van der Waals surface area (Å²) in [4.78, 5) is 24.1. The highest BCUT2D eigenvalue weighted by Crippen LogP contribution is 2.40. The number of alkyl halides is 3. The zero-order chi connectivity index (χ0) is 17.0. The lowest BCUT2D eigenvalue weighted by Crippen LogP contribution is -2.45. The summed E-state index contributed by atoms with van der Waals surface area (Å²) in [5.41, 5.74) is -3.85. The van der Waals surface area contributed by atoms with Crippen LogP contribution in [-0.4, -0.2) is 45.4 Å². The van der Waals surface area contributed by atoms with E-state index in [1.807, 2.05) is 0 Å². The third kappa shape index (κ3) is 4.78. The number of carboxylic acid groups (broad SMARTS) is 1. The van der Waals surface area contributed by atoms with E-state index in [4.69, 9.17) is 9.84 Å². The highest BCUT2D eigenvalue weighted by atomic mass is 32.2. The first-order valence-electron chi connectivity index (χ1n) is 6.72. The number of halogens is 3. The molecule has 9 heteroatoms. The molecule has 1 amide bonds. The van der Waals surface area contributed by atoms with E-state index < -0.39 is 40.6 Å². The number of hydrogen-bond acceptors (Lipinski definition) is 4. The predicted molar refractivity (Wildman–Crippen MR) is 76.8 cm³/mol. The normalized spacial score (nSPS) is 21.3. The van der Waals surface area contributed by atoms with Crippen molar-refractivity contribution in [3.8, 4) is 0 Å². The maximum Gasteiger partial charge on any atom is 0.442 e. The molecule has 1 fully saturated rings. The predicted octanol–water partition coefficient (Wildman–Crippen LogP) is 3.10. The largest absolute Gasteiger partial charge is 0.480 e. The highest BCUT2D eigenvalue weighted by molar-refractivity contribution is 8.00. The summed E-state index contributed by atoms with van der Waals surface area (Å²) >= 11 is -0.394. The Morgan fingerprint density at radius 2 is 1.96 bits per heavy atom. The van der Waals surface area contributed by atoms with Crippen molar-refractivity contribution in [1.82, 2.24) is 4.90 Å². The first-order valence-corrected chi connectivity index (χ1v) is 7.60. The van der Waals surface area contributed by atoms with Gasteiger partial charge in [-0.1, -0.05) is 30.3 Å². The second-order valence-corrected chi connectivity index (χ2v) is 6.21. The zero-order valence-corrected chi connectivity index (χ0v) is 12.6. The molecule has 1 aromatic rings. The number of thioether (sulfide) groups is 1. The van der Waals surface area contributed by atoms with E-state index in [9.17, 15) is 22.8 Å². The number of carbonyl (C=O) groups is 2. The first-order chi connectivity index (χ1) is 10.8. The Bertz CT molecular complexity index is 567. The molecule has 0 aliphatic carbocycles. The van der Waals surface area contributed by atoms with Crippen molar-refractivity contribution in [2.24, 2.45) is 0 Å². The molecule has 1 aliphatic heterocycles. The van der Waals surface area contributed by atoms with E-state index in [1.165, 1.54) is 0 Å². The Hall–Kier alpha value is -1.90. The maximum atomic E-state index is 12.5. The minimum atomic E-state index is -4.55. The number of rotatable bonds is 4. The van der Waals surface area contributed by atoms with Crippen LogP contribution in [-0.2, 0) is 16.1 Å². The summed E-state index contributed by atoms with van der Waals surface area (Å²) in [6, 6.07) is 7.16. The smallest absolute Gasteiger partial charge is 0.442 e. The number of carboxylic acids is 1. The first kappa shape index (κ1) is 17.5. The van der Waals surface area contributed by atoms with E-state index in [2.05, 4.69) is 0 Å². The molecule has 1 heterocycles. The van der Waals surface area contributed by atoms with Crippen molar-refractivity contribution in [2.75, 3.05) is 6.54 Å². The van der Waals surface area contributed by atoms with Gasteiger partial charge in [0.25, 0.3) is 0 Å². The molecule has 0 spiro atoms. The number of ether oxygens (including phenoxy) is 1. The molecule has 23 heavy (non-hydrogen) atoms. The fourth-order valence-electron chi connectivity index (χ4n) is 2.36. The third-order valence-corrected chi connectivity index (χ3v) is 4.38. The van der Waals surface area contributed by atoms with E-state index in [0.29, 0.717) is 5.56 Å². The van der Waals surface area contributed by atoms with E-state index in [1.54, 1.807) is 30.3 Å². The summed E-state index contributed by atoms with van der Waals surface area (Å²) in [6.45, 7) is -0.155. The molecule has 0 radical (unpaired) electrons. The fraction of sp³-hybridized carbons (Fsp3) is 0.429. The average Bonchev–Trinajstić information content (AvgIpc) is 2.87. The van der Waals surface area contributed by atoms with Crippen molar-refractivity contribution in [3.63, 3.8) is 0 Å². The minimum Gasteiger partial charge on any atom is -0.480 e. The molecular weight excluding hydrogens is 335 g/mol. The van der Waals surface area contributed by atoms with E-state index in [-0.39, 0.29) is 19.6 Å². The van der Waals surface area contributed by atoms with Gasteiger partial charge in [0.1, 0.15) is 12.6 Å². The molecule has 0 aromatic heterocycles. The van der Waals surface area contributed by atoms with Gasteiger partial charge < -0.3 is 9.84 Å². The van der Waals surface area contributed by atoms with Crippen LogP contribution in [0.15, 0.2) is 30.3 Å². The average molecular weight is 349 g/mol. The molecule has 1 N–H and O–H groups in total. The van der Waals surface area contributed by atoms with Gasteiger partial charge in [0.15, 0.2) is 0 Å². The lowest BCUT2D eigenvalue weighted by Gasteiger charge is -2.24. The standard InChI is InChI=1S/C14H14F3NO4S/c15-14(16,17)23-10-6-7-18(11(10)12(19)20)13(21)22-8-9-4-2-1-3-5-9/h1-5,10-11H,6-8H2,(H,19,20)/t10-,11-/m0/s1. The third-order valence-electron chi connectivity index (χ3n) is 3.32. The van der Waals surface area contributed by atoms with Crippen LogP contribution in [0, 0.1) is 0 Å². The van der Waals surface area contributed by atoms with Crippen molar-refractivity contribution < 1.29 is 32.6 Å². The van der Waals surface area contributed by atoms with E-state index >= 15 is 0 Å². The van der Waals surface area contributed by atoms with Crippen LogP contribution >= 0.6 is 11.8 Å². The SMILES string of the molecule is O=C(O)[C@@H]1[C@@H](SC(F)(F)F)CCN1C(=O)OCc1ccccc1. The van der Waals surface area contributed by atoms with Crippen molar-refractivity contribution in [3.05, 3.63) is 35.9 Å². The van der Waals surface area contributed by atoms with Crippen molar-refractivity contribution in [2.45, 2.75) is 29.8 Å². The number of amides is 1. The summed E-state index contributed by atoms with van der Waals surface area (Å²) in [5, 5.41) is 7.92. The van der Waals surface area contributed by atoms with Crippen molar-refractivity contribution in [1.29, 1.82) is 0 Å². The number of benzene rings is 1. The molecule has 1 aliphatic rings. The molecule has 1 aromatic carbocycles. The minimum absolute atomic E-state index is 0.0540. The summed E-state index contributed by atoms with van der Waals surface area (Å²) in [6.07, 6.45) is -0.978. The Kier molecular flexibility index (Phi) is 5.40. The highest BCUT2D eigenvalue weighted by Gasteiger charge is 2.48. The van der Waals surface area contributed by atoms with Crippen LogP contribution in [0.25, 0.3) is 0 Å². The molecule has 126 valence electrons.